The smallest absolute Gasteiger partial charge is 0.207 e. The minimum atomic E-state index is -0.0167. The van der Waals surface area contributed by atoms with Gasteiger partial charge in [-0.1, -0.05) is 35.9 Å². The van der Waals surface area contributed by atoms with Crippen molar-refractivity contribution in [2.75, 3.05) is 12.1 Å². The van der Waals surface area contributed by atoms with E-state index in [0.717, 1.165) is 45.4 Å². The Morgan fingerprint density at radius 3 is 2.34 bits per heavy atom. The molecule has 0 saturated carbocycles. The van der Waals surface area contributed by atoms with Gasteiger partial charge in [0.2, 0.25) is 5.13 Å². The maximum atomic E-state index is 9.74. The molecule has 7 heteroatoms. The summed E-state index contributed by atoms with van der Waals surface area (Å²) in [5.41, 5.74) is 5.00. The van der Waals surface area contributed by atoms with Crippen LogP contribution in [0.2, 0.25) is 5.02 Å². The summed E-state index contributed by atoms with van der Waals surface area (Å²) in [6, 6.07) is 22.9. The monoisotopic (exact) mass is 461 g/mol. The molecule has 0 amide bonds. The highest BCUT2D eigenvalue weighted by molar-refractivity contribution is 7.14. The zero-order chi connectivity index (χ0) is 22.1. The van der Waals surface area contributed by atoms with Gasteiger partial charge in [0.1, 0.15) is 11.5 Å². The second kappa shape index (κ2) is 8.65. The number of benzene rings is 3. The van der Waals surface area contributed by atoms with E-state index in [1.165, 1.54) is 0 Å². The molecule has 1 aliphatic rings. The fourth-order valence-electron chi connectivity index (χ4n) is 3.72. The number of aromatic nitrogens is 1. The molecule has 0 saturated heterocycles. The van der Waals surface area contributed by atoms with Crippen molar-refractivity contribution in [3.8, 4) is 22.8 Å². The van der Waals surface area contributed by atoms with Gasteiger partial charge in [0, 0.05) is 22.4 Å². The lowest BCUT2D eigenvalue weighted by Gasteiger charge is -2.21. The second-order valence-electron chi connectivity index (χ2n) is 7.45. The molecule has 0 radical (unpaired) electrons. The molecular formula is C25H20ClN3O2S. The fraction of sp³-hybridized carbons (Fsp3) is 0.120. The molecule has 160 valence electrons. The van der Waals surface area contributed by atoms with Crippen LogP contribution in [0.15, 0.2) is 83.3 Å². The van der Waals surface area contributed by atoms with Gasteiger partial charge >= 0.3 is 0 Å². The predicted octanol–water partition coefficient (Wildman–Crippen LogP) is 6.53. The molecule has 0 fully saturated rings. The number of phenols is 1. The predicted molar refractivity (Wildman–Crippen MR) is 130 cm³/mol. The summed E-state index contributed by atoms with van der Waals surface area (Å²) in [5, 5.41) is 20.2. The summed E-state index contributed by atoms with van der Waals surface area (Å²) in [7, 11) is 1.66. The molecule has 1 aliphatic heterocycles. The Morgan fingerprint density at radius 1 is 0.969 bits per heavy atom. The number of anilines is 1. The van der Waals surface area contributed by atoms with Gasteiger partial charge in [-0.2, -0.15) is 5.10 Å². The maximum Gasteiger partial charge on any atom is 0.207 e. The van der Waals surface area contributed by atoms with Crippen LogP contribution < -0.4 is 9.75 Å². The topological polar surface area (TPSA) is 58.0 Å². The molecule has 0 spiro atoms. The maximum absolute atomic E-state index is 9.74. The highest BCUT2D eigenvalue weighted by Crippen LogP contribution is 2.40. The molecule has 1 N–H and O–H groups in total. The van der Waals surface area contributed by atoms with E-state index in [9.17, 15) is 5.11 Å². The molecule has 5 nitrogen and oxygen atoms in total. The highest BCUT2D eigenvalue weighted by Gasteiger charge is 2.31. The summed E-state index contributed by atoms with van der Waals surface area (Å²) in [6.45, 7) is 0. The van der Waals surface area contributed by atoms with Gasteiger partial charge in [-0.05, 0) is 59.7 Å². The first-order valence-electron chi connectivity index (χ1n) is 10.1. The molecule has 0 aliphatic carbocycles. The Labute approximate surface area is 195 Å². The van der Waals surface area contributed by atoms with E-state index >= 15 is 0 Å². The summed E-state index contributed by atoms with van der Waals surface area (Å²) in [6.07, 6.45) is 0.729. The number of nitrogens with zero attached hydrogens (tertiary/aromatic N) is 3. The molecule has 1 unspecified atom stereocenters. The van der Waals surface area contributed by atoms with Crippen molar-refractivity contribution in [3.05, 3.63) is 94.3 Å². The van der Waals surface area contributed by atoms with Gasteiger partial charge < -0.3 is 9.84 Å². The Bertz CT molecular complexity index is 1250. The van der Waals surface area contributed by atoms with Crippen molar-refractivity contribution in [2.24, 2.45) is 5.10 Å². The summed E-state index contributed by atoms with van der Waals surface area (Å²) < 4.78 is 5.29. The number of hydrazone groups is 1. The van der Waals surface area contributed by atoms with Crippen LogP contribution in [0.1, 0.15) is 23.6 Å². The van der Waals surface area contributed by atoms with Crippen LogP contribution in [0, 0.1) is 0 Å². The quantitative estimate of drug-likeness (QED) is 0.367. The lowest BCUT2D eigenvalue weighted by atomic mass is 9.98. The minimum absolute atomic E-state index is 0.0167. The van der Waals surface area contributed by atoms with Crippen LogP contribution >= 0.6 is 22.9 Å². The van der Waals surface area contributed by atoms with E-state index in [-0.39, 0.29) is 11.8 Å². The standard InChI is InChI=1S/C25H20ClN3O2S/c1-31-21-12-6-16(7-13-21)22-14-24(18-4-10-20(30)11-5-18)29(28-22)25-27-23(15-32-25)17-2-8-19(26)9-3-17/h2-13,15,24,30H,14H2,1H3. The average Bonchev–Trinajstić information content (AvgIpc) is 3.48. The number of hydrogen-bond acceptors (Lipinski definition) is 6. The number of phenolic OH excluding ortho intramolecular Hbond substituents is 1. The van der Waals surface area contributed by atoms with Gasteiger partial charge in [-0.3, -0.25) is 0 Å². The van der Waals surface area contributed by atoms with Gasteiger partial charge in [0.15, 0.2) is 0 Å². The van der Waals surface area contributed by atoms with E-state index in [4.69, 9.17) is 26.4 Å². The Morgan fingerprint density at radius 2 is 1.66 bits per heavy atom. The lowest BCUT2D eigenvalue weighted by Crippen LogP contribution is -2.18. The molecule has 2 heterocycles. The van der Waals surface area contributed by atoms with Crippen molar-refractivity contribution in [1.82, 2.24) is 4.98 Å². The highest BCUT2D eigenvalue weighted by atomic mass is 35.5. The van der Waals surface area contributed by atoms with Crippen LogP contribution in [0.3, 0.4) is 0 Å². The molecule has 1 aromatic heterocycles. The molecule has 3 aromatic carbocycles. The minimum Gasteiger partial charge on any atom is -0.508 e. The molecule has 1 atom stereocenters. The van der Waals surface area contributed by atoms with Crippen LogP contribution in [0.5, 0.6) is 11.5 Å². The van der Waals surface area contributed by atoms with E-state index in [1.807, 2.05) is 71.1 Å². The first-order chi connectivity index (χ1) is 15.6. The average molecular weight is 462 g/mol. The van der Waals surface area contributed by atoms with Gasteiger partial charge in [-0.25, -0.2) is 9.99 Å². The second-order valence-corrected chi connectivity index (χ2v) is 8.73. The van der Waals surface area contributed by atoms with Crippen LogP contribution in [0.4, 0.5) is 5.13 Å². The van der Waals surface area contributed by atoms with Crippen molar-refractivity contribution >= 4 is 33.8 Å². The first-order valence-corrected chi connectivity index (χ1v) is 11.4. The van der Waals surface area contributed by atoms with Crippen molar-refractivity contribution in [1.29, 1.82) is 0 Å². The number of rotatable bonds is 5. The van der Waals surface area contributed by atoms with Crippen molar-refractivity contribution < 1.29 is 9.84 Å². The van der Waals surface area contributed by atoms with E-state index < -0.39 is 0 Å². The number of methoxy groups -OCH3 is 1. The Hall–Kier alpha value is -3.35. The number of hydrogen-bond donors (Lipinski definition) is 1. The SMILES string of the molecule is COc1ccc(C2=NN(c3nc(-c4ccc(Cl)cc4)cs3)C(c3ccc(O)cc3)C2)cc1. The molecule has 4 aromatic rings. The molecule has 5 rings (SSSR count). The largest absolute Gasteiger partial charge is 0.508 e. The van der Waals surface area contributed by atoms with Gasteiger partial charge in [0.05, 0.1) is 24.6 Å². The Kier molecular flexibility index (Phi) is 5.55. The van der Waals surface area contributed by atoms with Gasteiger partial charge in [0.25, 0.3) is 0 Å². The third kappa shape index (κ3) is 4.07. The summed E-state index contributed by atoms with van der Waals surface area (Å²) in [4.78, 5) is 4.87. The summed E-state index contributed by atoms with van der Waals surface area (Å²) >= 11 is 7.59. The number of aromatic hydroxyl groups is 1. The van der Waals surface area contributed by atoms with E-state index in [0.29, 0.717) is 5.02 Å². The zero-order valence-corrected chi connectivity index (χ0v) is 18.8. The van der Waals surface area contributed by atoms with Crippen molar-refractivity contribution in [3.63, 3.8) is 0 Å². The third-order valence-corrected chi connectivity index (χ3v) is 6.52. The number of ether oxygens (including phenoxy) is 1. The van der Waals surface area contributed by atoms with Crippen LogP contribution in [-0.2, 0) is 0 Å². The van der Waals surface area contributed by atoms with E-state index in [1.54, 1.807) is 30.6 Å². The zero-order valence-electron chi connectivity index (χ0n) is 17.3. The van der Waals surface area contributed by atoms with E-state index in [2.05, 4.69) is 0 Å². The first kappa shape index (κ1) is 20.5. The Balaban J connectivity index is 1.51. The number of thiazole rings is 1. The molecule has 0 bridgehead atoms. The van der Waals surface area contributed by atoms with Gasteiger partial charge in [-0.15, -0.1) is 11.3 Å². The third-order valence-electron chi connectivity index (χ3n) is 5.44. The summed E-state index contributed by atoms with van der Waals surface area (Å²) in [5.74, 6) is 1.06. The molecule has 32 heavy (non-hydrogen) atoms. The number of halogens is 1. The molecular weight excluding hydrogens is 442 g/mol. The fourth-order valence-corrected chi connectivity index (χ4v) is 4.68. The lowest BCUT2D eigenvalue weighted by molar-refractivity contribution is 0.415. The normalized spacial score (nSPS) is 15.6. The van der Waals surface area contributed by atoms with Crippen LogP contribution in [-0.4, -0.2) is 22.9 Å². The van der Waals surface area contributed by atoms with Crippen molar-refractivity contribution in [2.45, 2.75) is 12.5 Å². The van der Waals surface area contributed by atoms with Crippen LogP contribution in [0.25, 0.3) is 11.3 Å².